The van der Waals surface area contributed by atoms with Crippen LogP contribution in [0.4, 0.5) is 0 Å². The zero-order chi connectivity index (χ0) is 25.4. The van der Waals surface area contributed by atoms with Crippen LogP contribution in [0.25, 0.3) is 0 Å². The van der Waals surface area contributed by atoms with Gasteiger partial charge in [-0.25, -0.2) is 14.4 Å². The van der Waals surface area contributed by atoms with Crippen LogP contribution in [0.15, 0.2) is 36.5 Å². The van der Waals surface area contributed by atoms with Crippen LogP contribution in [0.3, 0.4) is 0 Å². The predicted molar refractivity (Wildman–Crippen MR) is 124 cm³/mol. The standard InChI is InChI=1S/C9H16O3.C8H14O2.C7H12O2/c1-7(2)9(10)12-6-5-8(3)11-4;1-6(2)7(9)10-8(3,4)5;1-5(2)7(8)9-6(3)4/h8H,1,5-6H2,2-4H3;1H2,2-5H3;6H,1H2,2-4H3. The summed E-state index contributed by atoms with van der Waals surface area (Å²) in [5.41, 5.74) is 0.912. The van der Waals surface area contributed by atoms with Crippen molar-refractivity contribution in [3.8, 4) is 0 Å². The Labute approximate surface area is 188 Å². The summed E-state index contributed by atoms with van der Waals surface area (Å²) < 4.78 is 19.6. The van der Waals surface area contributed by atoms with Gasteiger partial charge in [-0.05, 0) is 62.3 Å². The molecule has 0 heterocycles. The number of carbonyl (C=O) groups is 3. The van der Waals surface area contributed by atoms with Crippen LogP contribution in [0, 0.1) is 0 Å². The maximum atomic E-state index is 10.9. The molecule has 0 N–H and O–H groups in total. The number of carbonyl (C=O) groups excluding carboxylic acids is 3. The van der Waals surface area contributed by atoms with Crippen LogP contribution in [-0.4, -0.2) is 49.4 Å². The third-order valence-electron chi connectivity index (χ3n) is 2.95. The Morgan fingerprint density at radius 1 is 0.806 bits per heavy atom. The van der Waals surface area contributed by atoms with Gasteiger partial charge >= 0.3 is 17.9 Å². The van der Waals surface area contributed by atoms with Crippen LogP contribution in [0.5, 0.6) is 0 Å². The van der Waals surface area contributed by atoms with Gasteiger partial charge in [-0.2, -0.15) is 0 Å². The fourth-order valence-corrected chi connectivity index (χ4v) is 1.24. The molecule has 1 atom stereocenters. The van der Waals surface area contributed by atoms with E-state index >= 15 is 0 Å². The fraction of sp³-hybridized carbons (Fsp3) is 0.625. The van der Waals surface area contributed by atoms with Crippen LogP contribution in [0.2, 0.25) is 0 Å². The second kappa shape index (κ2) is 17.3. The summed E-state index contributed by atoms with van der Waals surface area (Å²) in [5.74, 6) is -0.976. The van der Waals surface area contributed by atoms with Gasteiger partial charge in [0, 0.05) is 30.2 Å². The summed E-state index contributed by atoms with van der Waals surface area (Å²) in [6.07, 6.45) is 0.798. The van der Waals surface area contributed by atoms with Crippen LogP contribution >= 0.6 is 0 Å². The van der Waals surface area contributed by atoms with E-state index in [4.69, 9.17) is 18.9 Å². The van der Waals surface area contributed by atoms with Gasteiger partial charge in [-0.3, -0.25) is 0 Å². The lowest BCUT2D eigenvalue weighted by molar-refractivity contribution is -0.149. The zero-order valence-corrected chi connectivity index (χ0v) is 21.0. The molecular formula is C24H42O7. The minimum atomic E-state index is -0.407. The maximum Gasteiger partial charge on any atom is 0.333 e. The van der Waals surface area contributed by atoms with Gasteiger partial charge in [-0.1, -0.05) is 19.7 Å². The van der Waals surface area contributed by atoms with Crippen LogP contribution in [-0.2, 0) is 33.3 Å². The molecule has 0 aliphatic heterocycles. The van der Waals surface area contributed by atoms with E-state index in [2.05, 4.69) is 19.7 Å². The number of hydrogen-bond donors (Lipinski definition) is 0. The Balaban J connectivity index is -0.000000384. The summed E-state index contributed by atoms with van der Waals surface area (Å²) in [6.45, 7) is 26.7. The summed E-state index contributed by atoms with van der Waals surface area (Å²) in [6, 6.07) is 0. The molecule has 0 saturated heterocycles. The first-order chi connectivity index (χ1) is 13.9. The Kier molecular flexibility index (Phi) is 18.5. The summed E-state index contributed by atoms with van der Waals surface area (Å²) >= 11 is 0. The second-order valence-corrected chi connectivity index (χ2v) is 8.27. The van der Waals surface area contributed by atoms with E-state index in [-0.39, 0.29) is 30.1 Å². The number of esters is 3. The van der Waals surface area contributed by atoms with Crippen molar-refractivity contribution in [1.82, 2.24) is 0 Å². The number of methoxy groups -OCH3 is 1. The average Bonchev–Trinajstić information content (AvgIpc) is 2.60. The largest absolute Gasteiger partial charge is 0.462 e. The highest BCUT2D eigenvalue weighted by molar-refractivity contribution is 5.87. The van der Waals surface area contributed by atoms with Crippen LogP contribution < -0.4 is 0 Å². The van der Waals surface area contributed by atoms with Gasteiger partial charge in [0.1, 0.15) is 5.60 Å². The molecule has 0 aliphatic rings. The van der Waals surface area contributed by atoms with Crippen molar-refractivity contribution in [2.75, 3.05) is 13.7 Å². The number of ether oxygens (including phenoxy) is 4. The lowest BCUT2D eigenvalue weighted by Gasteiger charge is -2.19. The number of rotatable bonds is 8. The molecule has 0 amide bonds. The molecule has 0 aliphatic carbocycles. The quantitative estimate of drug-likeness (QED) is 0.298. The molecule has 180 valence electrons. The molecule has 0 fully saturated rings. The first kappa shape index (κ1) is 33.2. The van der Waals surface area contributed by atoms with Crippen molar-refractivity contribution in [3.05, 3.63) is 36.5 Å². The van der Waals surface area contributed by atoms with E-state index in [1.807, 2.05) is 27.7 Å². The highest BCUT2D eigenvalue weighted by Gasteiger charge is 2.15. The molecule has 7 heteroatoms. The highest BCUT2D eigenvalue weighted by Crippen LogP contribution is 2.09. The van der Waals surface area contributed by atoms with E-state index in [0.29, 0.717) is 23.3 Å². The molecule has 0 spiro atoms. The lowest BCUT2D eigenvalue weighted by atomic mass is 10.2. The van der Waals surface area contributed by atoms with Gasteiger partial charge in [0.25, 0.3) is 0 Å². The van der Waals surface area contributed by atoms with Gasteiger partial charge in [0.15, 0.2) is 0 Å². The van der Waals surface area contributed by atoms with E-state index in [0.717, 1.165) is 6.42 Å². The lowest BCUT2D eigenvalue weighted by Crippen LogP contribution is -2.23. The Morgan fingerprint density at radius 2 is 1.23 bits per heavy atom. The maximum absolute atomic E-state index is 10.9. The van der Waals surface area contributed by atoms with Crippen molar-refractivity contribution < 1.29 is 33.3 Å². The molecule has 1 unspecified atom stereocenters. The first-order valence-corrected chi connectivity index (χ1v) is 10.0. The normalized spacial score (nSPS) is 10.9. The van der Waals surface area contributed by atoms with Crippen molar-refractivity contribution >= 4 is 17.9 Å². The molecule has 0 radical (unpaired) electrons. The molecule has 0 bridgehead atoms. The third-order valence-corrected chi connectivity index (χ3v) is 2.95. The zero-order valence-electron chi connectivity index (χ0n) is 21.0. The molecular weight excluding hydrogens is 400 g/mol. The summed E-state index contributed by atoms with van der Waals surface area (Å²) in [7, 11) is 1.63. The topological polar surface area (TPSA) is 88.1 Å². The molecule has 0 rings (SSSR count). The molecule has 0 saturated carbocycles. The van der Waals surface area contributed by atoms with E-state index in [9.17, 15) is 14.4 Å². The SMILES string of the molecule is C=C(C)C(=O)OC(C)(C)C.C=C(C)C(=O)OC(C)C.C=C(C)C(=O)OCCC(C)OC. The summed E-state index contributed by atoms with van der Waals surface area (Å²) in [4.78, 5) is 32.3. The molecule has 7 nitrogen and oxygen atoms in total. The Bertz CT molecular complexity index is 610. The molecule has 31 heavy (non-hydrogen) atoms. The van der Waals surface area contributed by atoms with E-state index in [1.165, 1.54) is 0 Å². The monoisotopic (exact) mass is 442 g/mol. The molecule has 0 aromatic heterocycles. The van der Waals surface area contributed by atoms with Crippen LogP contribution in [0.1, 0.15) is 68.7 Å². The van der Waals surface area contributed by atoms with Crippen molar-refractivity contribution in [1.29, 1.82) is 0 Å². The van der Waals surface area contributed by atoms with E-state index < -0.39 is 5.60 Å². The third kappa shape index (κ3) is 25.6. The van der Waals surface area contributed by atoms with Gasteiger partial charge < -0.3 is 18.9 Å². The smallest absolute Gasteiger partial charge is 0.333 e. The van der Waals surface area contributed by atoms with Gasteiger partial charge in [-0.15, -0.1) is 0 Å². The van der Waals surface area contributed by atoms with E-state index in [1.54, 1.807) is 41.7 Å². The Hall–Kier alpha value is -2.41. The van der Waals surface area contributed by atoms with Crippen molar-refractivity contribution in [3.63, 3.8) is 0 Å². The molecule has 0 aromatic carbocycles. The second-order valence-electron chi connectivity index (χ2n) is 8.27. The minimum Gasteiger partial charge on any atom is -0.462 e. The highest BCUT2D eigenvalue weighted by atomic mass is 16.6. The van der Waals surface area contributed by atoms with Crippen molar-refractivity contribution in [2.45, 2.75) is 86.5 Å². The van der Waals surface area contributed by atoms with Crippen molar-refractivity contribution in [2.24, 2.45) is 0 Å². The van der Waals surface area contributed by atoms with Gasteiger partial charge in [0.05, 0.1) is 18.8 Å². The number of hydrogen-bond acceptors (Lipinski definition) is 7. The fourth-order valence-electron chi connectivity index (χ4n) is 1.24. The average molecular weight is 443 g/mol. The molecule has 0 aromatic rings. The Morgan fingerprint density at radius 3 is 1.45 bits per heavy atom. The first-order valence-electron chi connectivity index (χ1n) is 10.0. The predicted octanol–water partition coefficient (Wildman–Crippen LogP) is 4.95. The minimum absolute atomic E-state index is 0.0470. The van der Waals surface area contributed by atoms with Gasteiger partial charge in [0.2, 0.25) is 0 Å². The summed E-state index contributed by atoms with van der Waals surface area (Å²) in [5, 5.41) is 0.